The molecule has 0 atom stereocenters. The topological polar surface area (TPSA) is 64.2 Å². The molecule has 5 heteroatoms. The molecule has 0 aliphatic heterocycles. The number of benzene rings is 3. The minimum atomic E-state index is -0.0201. The van der Waals surface area contributed by atoms with Gasteiger partial charge in [-0.2, -0.15) is 0 Å². The molecule has 0 saturated heterocycles. The van der Waals surface area contributed by atoms with E-state index in [4.69, 9.17) is 10.7 Å². The van der Waals surface area contributed by atoms with E-state index in [9.17, 15) is 4.79 Å². The van der Waals surface area contributed by atoms with Crippen LogP contribution in [0, 0.1) is 13.8 Å². The van der Waals surface area contributed by atoms with Gasteiger partial charge in [0.2, 0.25) is 0 Å². The molecule has 2 N–H and O–H groups in total. The largest absolute Gasteiger partial charge is 0.330 e. The molecule has 176 valence electrons. The van der Waals surface area contributed by atoms with E-state index in [0.29, 0.717) is 25.1 Å². The van der Waals surface area contributed by atoms with Gasteiger partial charge in [-0.05, 0) is 54.8 Å². The Labute approximate surface area is 202 Å². The third-order valence-electron chi connectivity index (χ3n) is 5.94. The van der Waals surface area contributed by atoms with Gasteiger partial charge in [-0.25, -0.2) is 4.98 Å². The molecule has 0 spiro atoms. The molecule has 0 radical (unpaired) electrons. The van der Waals surface area contributed by atoms with Gasteiger partial charge in [-0.15, -0.1) is 0 Å². The number of para-hydroxylation sites is 1. The molecule has 4 rings (SSSR count). The van der Waals surface area contributed by atoms with Crippen molar-refractivity contribution in [2.45, 2.75) is 40.8 Å². The molecule has 0 saturated carbocycles. The van der Waals surface area contributed by atoms with Gasteiger partial charge in [0.05, 0.1) is 5.69 Å². The fraction of sp³-hybridized carbons (Fsp3) is 0.241. The molecular formula is C29H34N4O. The molecule has 0 aliphatic carbocycles. The van der Waals surface area contributed by atoms with Crippen LogP contribution in [0.3, 0.4) is 0 Å². The number of imidazole rings is 1. The van der Waals surface area contributed by atoms with Crippen molar-refractivity contribution in [2.24, 2.45) is 5.73 Å². The molecule has 4 aromatic rings. The molecule has 34 heavy (non-hydrogen) atoms. The second kappa shape index (κ2) is 11.4. The number of aromatic nitrogens is 2. The predicted molar refractivity (Wildman–Crippen MR) is 140 cm³/mol. The van der Waals surface area contributed by atoms with Gasteiger partial charge in [0.15, 0.2) is 0 Å². The van der Waals surface area contributed by atoms with Gasteiger partial charge in [0.25, 0.3) is 5.91 Å². The van der Waals surface area contributed by atoms with Gasteiger partial charge in [0.1, 0.15) is 5.82 Å². The van der Waals surface area contributed by atoms with E-state index in [-0.39, 0.29) is 13.3 Å². The Morgan fingerprint density at radius 2 is 1.65 bits per heavy atom. The summed E-state index contributed by atoms with van der Waals surface area (Å²) in [5.74, 6) is 0.952. The third-order valence-corrected chi connectivity index (χ3v) is 5.94. The lowest BCUT2D eigenvalue weighted by Crippen LogP contribution is -2.33. The van der Waals surface area contributed by atoms with E-state index in [1.165, 1.54) is 5.56 Å². The van der Waals surface area contributed by atoms with Crippen LogP contribution in [0.1, 0.15) is 46.0 Å². The summed E-state index contributed by atoms with van der Waals surface area (Å²) in [6.45, 7) is 5.81. The minimum absolute atomic E-state index is 0. The predicted octanol–water partition coefficient (Wildman–Crippen LogP) is 5.53. The number of carbonyl (C=O) groups excluding carboxylic acids is 1. The zero-order valence-corrected chi connectivity index (χ0v) is 19.2. The number of carbonyl (C=O) groups is 1. The van der Waals surface area contributed by atoms with Crippen LogP contribution in [0.2, 0.25) is 0 Å². The van der Waals surface area contributed by atoms with Crippen LogP contribution < -0.4 is 10.6 Å². The Morgan fingerprint density at radius 1 is 0.971 bits per heavy atom. The summed E-state index contributed by atoms with van der Waals surface area (Å²) in [5, 5.41) is 0. The Hall–Kier alpha value is -3.70. The van der Waals surface area contributed by atoms with Crippen molar-refractivity contribution >= 4 is 11.6 Å². The molecule has 0 unspecified atom stereocenters. The van der Waals surface area contributed by atoms with Gasteiger partial charge in [-0.3, -0.25) is 4.79 Å². The SMILES string of the molecule is C.Cc1cc(C(=O)N(CCc2cn(Cc3ccccc3)c(C)n2)c2ccccc2)ccc1CN. The molecule has 3 aromatic carbocycles. The lowest BCUT2D eigenvalue weighted by atomic mass is 10.0. The van der Waals surface area contributed by atoms with Crippen LogP contribution in [0.15, 0.2) is 85.1 Å². The highest BCUT2D eigenvalue weighted by Crippen LogP contribution is 2.20. The first kappa shape index (κ1) is 24.9. The molecular weight excluding hydrogens is 420 g/mol. The number of nitrogens with zero attached hydrogens (tertiary/aromatic N) is 3. The first-order valence-corrected chi connectivity index (χ1v) is 11.3. The molecule has 0 bridgehead atoms. The van der Waals surface area contributed by atoms with Crippen molar-refractivity contribution in [3.05, 3.63) is 119 Å². The van der Waals surface area contributed by atoms with Crippen molar-refractivity contribution in [2.75, 3.05) is 11.4 Å². The van der Waals surface area contributed by atoms with Gasteiger partial charge in [0, 0.05) is 43.5 Å². The van der Waals surface area contributed by atoms with E-state index in [0.717, 1.165) is 34.9 Å². The first-order chi connectivity index (χ1) is 16.0. The van der Waals surface area contributed by atoms with Crippen LogP contribution in [-0.4, -0.2) is 22.0 Å². The van der Waals surface area contributed by atoms with Gasteiger partial charge in [-0.1, -0.05) is 62.0 Å². The lowest BCUT2D eigenvalue weighted by Gasteiger charge is -2.23. The zero-order valence-electron chi connectivity index (χ0n) is 19.2. The number of amides is 1. The maximum Gasteiger partial charge on any atom is 0.258 e. The Bertz CT molecular complexity index is 1220. The van der Waals surface area contributed by atoms with E-state index >= 15 is 0 Å². The van der Waals surface area contributed by atoms with Crippen molar-refractivity contribution < 1.29 is 4.79 Å². The van der Waals surface area contributed by atoms with E-state index < -0.39 is 0 Å². The van der Waals surface area contributed by atoms with E-state index in [2.05, 4.69) is 22.9 Å². The van der Waals surface area contributed by atoms with E-state index in [1.54, 1.807) is 0 Å². The lowest BCUT2D eigenvalue weighted by molar-refractivity contribution is 0.0987. The summed E-state index contributed by atoms with van der Waals surface area (Å²) in [5.41, 5.74) is 11.6. The summed E-state index contributed by atoms with van der Waals surface area (Å²) in [4.78, 5) is 20.1. The monoisotopic (exact) mass is 454 g/mol. The van der Waals surface area contributed by atoms with E-state index in [1.807, 2.05) is 85.5 Å². The quantitative estimate of drug-likeness (QED) is 0.381. The molecule has 1 aromatic heterocycles. The molecule has 1 heterocycles. The van der Waals surface area contributed by atoms with Crippen LogP contribution in [0.25, 0.3) is 0 Å². The standard InChI is InChI=1S/C28H30N4O.CH4/c1-21-17-24(13-14-25(21)18-29)28(33)32(27-11-7-4-8-12-27)16-15-26-20-31(22(2)30-26)19-23-9-5-3-6-10-23;/h3-14,17,20H,15-16,18-19,29H2,1-2H3;1H4. The maximum atomic E-state index is 13.5. The first-order valence-electron chi connectivity index (χ1n) is 11.3. The Balaban J connectivity index is 0.00000324. The van der Waals surface area contributed by atoms with Crippen molar-refractivity contribution in [3.8, 4) is 0 Å². The summed E-state index contributed by atoms with van der Waals surface area (Å²) in [6, 6.07) is 25.9. The summed E-state index contributed by atoms with van der Waals surface area (Å²) in [6.07, 6.45) is 2.76. The van der Waals surface area contributed by atoms with Crippen LogP contribution in [0.5, 0.6) is 0 Å². The highest BCUT2D eigenvalue weighted by atomic mass is 16.2. The summed E-state index contributed by atoms with van der Waals surface area (Å²) >= 11 is 0. The summed E-state index contributed by atoms with van der Waals surface area (Å²) < 4.78 is 2.16. The average Bonchev–Trinajstić information content (AvgIpc) is 3.19. The van der Waals surface area contributed by atoms with Crippen LogP contribution in [-0.2, 0) is 19.5 Å². The fourth-order valence-corrected chi connectivity index (χ4v) is 4.03. The number of hydrogen-bond acceptors (Lipinski definition) is 3. The molecule has 5 nitrogen and oxygen atoms in total. The smallest absolute Gasteiger partial charge is 0.258 e. The average molecular weight is 455 g/mol. The number of hydrogen-bond donors (Lipinski definition) is 1. The van der Waals surface area contributed by atoms with Crippen LogP contribution >= 0.6 is 0 Å². The Morgan fingerprint density at radius 3 is 2.29 bits per heavy atom. The third kappa shape index (κ3) is 5.80. The molecule has 0 fully saturated rings. The second-order valence-electron chi connectivity index (χ2n) is 8.28. The zero-order chi connectivity index (χ0) is 23.2. The normalized spacial score (nSPS) is 10.6. The second-order valence-corrected chi connectivity index (χ2v) is 8.28. The maximum absolute atomic E-state index is 13.5. The number of nitrogens with two attached hydrogens (primary N) is 1. The fourth-order valence-electron chi connectivity index (χ4n) is 4.03. The molecule has 0 aliphatic rings. The highest BCUT2D eigenvalue weighted by molar-refractivity contribution is 6.06. The number of rotatable bonds is 8. The van der Waals surface area contributed by atoms with Crippen molar-refractivity contribution in [1.29, 1.82) is 0 Å². The van der Waals surface area contributed by atoms with Gasteiger partial charge >= 0.3 is 0 Å². The summed E-state index contributed by atoms with van der Waals surface area (Å²) in [7, 11) is 0. The number of anilines is 1. The van der Waals surface area contributed by atoms with Crippen molar-refractivity contribution in [3.63, 3.8) is 0 Å². The van der Waals surface area contributed by atoms with Crippen molar-refractivity contribution in [1.82, 2.24) is 9.55 Å². The van der Waals surface area contributed by atoms with Crippen LogP contribution in [0.4, 0.5) is 5.69 Å². The van der Waals surface area contributed by atoms with Gasteiger partial charge < -0.3 is 15.2 Å². The highest BCUT2D eigenvalue weighted by Gasteiger charge is 2.19. The Kier molecular flexibility index (Phi) is 8.39. The number of aryl methyl sites for hydroxylation is 2. The minimum Gasteiger partial charge on any atom is -0.330 e. The molecule has 1 amide bonds.